The van der Waals surface area contributed by atoms with Crippen LogP contribution in [0.25, 0.3) is 0 Å². The molecule has 0 spiro atoms. The molecule has 0 radical (unpaired) electrons. The Hall–Kier alpha value is -1.16. The lowest BCUT2D eigenvalue weighted by atomic mass is 10.0. The van der Waals surface area contributed by atoms with Crippen molar-refractivity contribution in [2.24, 2.45) is 5.73 Å². The van der Waals surface area contributed by atoms with Crippen molar-refractivity contribution in [2.75, 3.05) is 13.6 Å². The number of nitrogens with two attached hydrogens (primary N) is 1. The molecule has 0 aliphatic heterocycles. The van der Waals surface area contributed by atoms with E-state index in [0.29, 0.717) is 6.54 Å². The minimum atomic E-state index is 0.214. The average Bonchev–Trinajstić information content (AvgIpc) is 2.41. The molecule has 1 unspecified atom stereocenters. The number of likely N-dealkylation sites (N-methyl/N-ethyl adjacent to an activating group) is 1. The van der Waals surface area contributed by atoms with Crippen molar-refractivity contribution >= 4 is 15.9 Å². The van der Waals surface area contributed by atoms with Gasteiger partial charge in [0.15, 0.2) is 0 Å². The Kier molecular flexibility index (Phi) is 5.35. The van der Waals surface area contributed by atoms with E-state index in [2.05, 4.69) is 77.3 Å². The standard InChI is InChI=1S/C17H21BrN2/c1-13-6-5-7-14(10-13)12-20(2)17(11-19)15-8-3-4-9-16(15)18/h3-10,17H,11-12,19H2,1-2H3. The first-order chi connectivity index (χ1) is 9.61. The van der Waals surface area contributed by atoms with Gasteiger partial charge in [-0.1, -0.05) is 64.0 Å². The summed E-state index contributed by atoms with van der Waals surface area (Å²) in [5.41, 5.74) is 9.85. The maximum atomic E-state index is 6.00. The third kappa shape index (κ3) is 3.69. The van der Waals surface area contributed by atoms with Gasteiger partial charge in [0.05, 0.1) is 0 Å². The van der Waals surface area contributed by atoms with E-state index in [4.69, 9.17) is 5.73 Å². The Labute approximate surface area is 129 Å². The summed E-state index contributed by atoms with van der Waals surface area (Å²) in [4.78, 5) is 2.30. The van der Waals surface area contributed by atoms with Crippen molar-refractivity contribution < 1.29 is 0 Å². The molecule has 0 saturated carbocycles. The van der Waals surface area contributed by atoms with Crippen molar-refractivity contribution in [3.8, 4) is 0 Å². The molecule has 0 aromatic heterocycles. The van der Waals surface area contributed by atoms with Crippen LogP contribution in [0.1, 0.15) is 22.7 Å². The summed E-state index contributed by atoms with van der Waals surface area (Å²) in [6.45, 7) is 3.62. The van der Waals surface area contributed by atoms with Crippen LogP contribution >= 0.6 is 15.9 Å². The molecular formula is C17H21BrN2. The Balaban J connectivity index is 2.18. The van der Waals surface area contributed by atoms with E-state index in [1.54, 1.807) is 0 Å². The van der Waals surface area contributed by atoms with Crippen molar-refractivity contribution in [1.82, 2.24) is 4.90 Å². The van der Waals surface area contributed by atoms with Gasteiger partial charge < -0.3 is 5.73 Å². The van der Waals surface area contributed by atoms with Gasteiger partial charge in [0.25, 0.3) is 0 Å². The van der Waals surface area contributed by atoms with Crippen LogP contribution < -0.4 is 5.73 Å². The SMILES string of the molecule is Cc1cccc(CN(C)C(CN)c2ccccc2Br)c1. The Morgan fingerprint density at radius 1 is 1.15 bits per heavy atom. The van der Waals surface area contributed by atoms with E-state index in [1.807, 2.05) is 6.07 Å². The number of hydrogen-bond donors (Lipinski definition) is 1. The molecule has 106 valence electrons. The van der Waals surface area contributed by atoms with Crippen molar-refractivity contribution in [1.29, 1.82) is 0 Å². The molecule has 2 nitrogen and oxygen atoms in total. The van der Waals surface area contributed by atoms with Crippen LogP contribution in [0.15, 0.2) is 53.0 Å². The Morgan fingerprint density at radius 3 is 2.55 bits per heavy atom. The zero-order chi connectivity index (χ0) is 14.5. The molecule has 1 atom stereocenters. The van der Waals surface area contributed by atoms with Gasteiger partial charge in [-0.15, -0.1) is 0 Å². The molecule has 3 heteroatoms. The fourth-order valence-electron chi connectivity index (χ4n) is 2.50. The van der Waals surface area contributed by atoms with Crippen molar-refractivity contribution in [3.05, 3.63) is 69.7 Å². The molecule has 0 aliphatic carbocycles. The molecule has 2 aromatic carbocycles. The highest BCUT2D eigenvalue weighted by molar-refractivity contribution is 9.10. The monoisotopic (exact) mass is 332 g/mol. The van der Waals surface area contributed by atoms with Gasteiger partial charge in [0.1, 0.15) is 0 Å². The number of aryl methyl sites for hydroxylation is 1. The van der Waals surface area contributed by atoms with Gasteiger partial charge in [-0.25, -0.2) is 0 Å². The van der Waals surface area contributed by atoms with E-state index < -0.39 is 0 Å². The van der Waals surface area contributed by atoms with Crippen LogP contribution in [0, 0.1) is 6.92 Å². The van der Waals surface area contributed by atoms with Gasteiger partial charge in [0, 0.05) is 23.6 Å². The highest BCUT2D eigenvalue weighted by Gasteiger charge is 2.17. The second-order valence-electron chi connectivity index (χ2n) is 5.18. The summed E-state index contributed by atoms with van der Waals surface area (Å²) in [6, 6.07) is 17.1. The molecule has 0 aliphatic rings. The van der Waals surface area contributed by atoms with Crippen molar-refractivity contribution in [2.45, 2.75) is 19.5 Å². The van der Waals surface area contributed by atoms with Crippen LogP contribution in [0.4, 0.5) is 0 Å². The lowest BCUT2D eigenvalue weighted by Crippen LogP contribution is -2.30. The lowest BCUT2D eigenvalue weighted by Gasteiger charge is -2.28. The molecule has 0 amide bonds. The molecule has 0 bridgehead atoms. The minimum Gasteiger partial charge on any atom is -0.329 e. The predicted octanol–water partition coefficient (Wildman–Crippen LogP) is 3.89. The molecule has 2 rings (SSSR count). The largest absolute Gasteiger partial charge is 0.329 e. The summed E-state index contributed by atoms with van der Waals surface area (Å²) in [7, 11) is 2.12. The lowest BCUT2D eigenvalue weighted by molar-refractivity contribution is 0.241. The summed E-state index contributed by atoms with van der Waals surface area (Å²) in [5.74, 6) is 0. The maximum absolute atomic E-state index is 6.00. The second-order valence-corrected chi connectivity index (χ2v) is 6.03. The molecule has 0 saturated heterocycles. The first kappa shape index (κ1) is 15.2. The molecular weight excluding hydrogens is 312 g/mol. The number of nitrogens with zero attached hydrogens (tertiary/aromatic N) is 1. The summed E-state index contributed by atoms with van der Waals surface area (Å²) >= 11 is 3.62. The van der Waals surface area contributed by atoms with E-state index in [-0.39, 0.29) is 6.04 Å². The third-order valence-corrected chi connectivity index (χ3v) is 4.26. The van der Waals surface area contributed by atoms with Gasteiger partial charge in [-0.2, -0.15) is 0 Å². The number of rotatable bonds is 5. The van der Waals surface area contributed by atoms with Crippen LogP contribution in [-0.2, 0) is 6.54 Å². The molecule has 0 heterocycles. The topological polar surface area (TPSA) is 29.3 Å². The maximum Gasteiger partial charge on any atom is 0.0482 e. The van der Waals surface area contributed by atoms with E-state index in [1.165, 1.54) is 16.7 Å². The van der Waals surface area contributed by atoms with Gasteiger partial charge in [0.2, 0.25) is 0 Å². The minimum absolute atomic E-state index is 0.214. The summed E-state index contributed by atoms with van der Waals surface area (Å²) in [6.07, 6.45) is 0. The number of hydrogen-bond acceptors (Lipinski definition) is 2. The van der Waals surface area contributed by atoms with Crippen molar-refractivity contribution in [3.63, 3.8) is 0 Å². The zero-order valence-electron chi connectivity index (χ0n) is 12.0. The molecule has 0 fully saturated rings. The van der Waals surface area contributed by atoms with Gasteiger partial charge in [-0.3, -0.25) is 4.90 Å². The van der Waals surface area contributed by atoms with Crippen LogP contribution in [0.3, 0.4) is 0 Å². The number of halogens is 1. The smallest absolute Gasteiger partial charge is 0.0482 e. The predicted molar refractivity (Wildman–Crippen MR) is 88.6 cm³/mol. The quantitative estimate of drug-likeness (QED) is 0.899. The highest BCUT2D eigenvalue weighted by Crippen LogP contribution is 2.27. The zero-order valence-corrected chi connectivity index (χ0v) is 13.6. The van der Waals surface area contributed by atoms with Crippen LogP contribution in [-0.4, -0.2) is 18.5 Å². The average molecular weight is 333 g/mol. The van der Waals surface area contributed by atoms with Gasteiger partial charge >= 0.3 is 0 Å². The van der Waals surface area contributed by atoms with E-state index in [9.17, 15) is 0 Å². The number of benzene rings is 2. The fourth-order valence-corrected chi connectivity index (χ4v) is 3.05. The van der Waals surface area contributed by atoms with E-state index >= 15 is 0 Å². The summed E-state index contributed by atoms with van der Waals surface area (Å²) in [5, 5.41) is 0. The van der Waals surface area contributed by atoms with Crippen LogP contribution in [0.2, 0.25) is 0 Å². The second kappa shape index (κ2) is 7.02. The first-order valence-electron chi connectivity index (χ1n) is 6.82. The third-order valence-electron chi connectivity index (χ3n) is 3.53. The first-order valence-corrected chi connectivity index (χ1v) is 7.61. The molecule has 20 heavy (non-hydrogen) atoms. The molecule has 2 aromatic rings. The highest BCUT2D eigenvalue weighted by atomic mass is 79.9. The molecule has 2 N–H and O–H groups in total. The van der Waals surface area contributed by atoms with E-state index in [0.717, 1.165) is 11.0 Å². The van der Waals surface area contributed by atoms with Crippen LogP contribution in [0.5, 0.6) is 0 Å². The normalized spacial score (nSPS) is 12.7. The Morgan fingerprint density at radius 2 is 1.90 bits per heavy atom. The Bertz CT molecular complexity index is 568. The summed E-state index contributed by atoms with van der Waals surface area (Å²) < 4.78 is 1.12. The fraction of sp³-hybridized carbons (Fsp3) is 0.294. The van der Waals surface area contributed by atoms with Gasteiger partial charge in [-0.05, 0) is 31.2 Å².